The van der Waals surface area contributed by atoms with E-state index >= 15 is 0 Å². The van der Waals surface area contributed by atoms with Gasteiger partial charge in [0.1, 0.15) is 5.75 Å². The van der Waals surface area contributed by atoms with E-state index in [2.05, 4.69) is 5.32 Å². The minimum Gasteiger partial charge on any atom is -0.482 e. The summed E-state index contributed by atoms with van der Waals surface area (Å²) in [6, 6.07) is 2.84. The molecule has 0 spiro atoms. The van der Waals surface area contributed by atoms with E-state index < -0.39 is 0 Å². The van der Waals surface area contributed by atoms with Crippen LogP contribution >= 0.6 is 34.8 Å². The molecule has 0 fully saturated rings. The van der Waals surface area contributed by atoms with Gasteiger partial charge in [0.05, 0.1) is 21.7 Å². The fourth-order valence-electron chi connectivity index (χ4n) is 1.37. The molecule has 7 heteroatoms. The highest BCUT2D eigenvalue weighted by molar-refractivity contribution is 6.43. The molecule has 106 valence electrons. The normalized spacial score (nSPS) is 12.1. The minimum atomic E-state index is -0.272. The van der Waals surface area contributed by atoms with Gasteiger partial charge in [-0.15, -0.1) is 0 Å². The molecule has 1 rings (SSSR count). The Hall–Kier alpha value is -0.680. The number of methoxy groups -OCH3 is 1. The molecule has 1 N–H and O–H groups in total. The lowest BCUT2D eigenvalue weighted by molar-refractivity contribution is -0.124. The van der Waals surface area contributed by atoms with Crippen LogP contribution in [-0.4, -0.2) is 32.3 Å². The van der Waals surface area contributed by atoms with E-state index in [0.717, 1.165) is 0 Å². The van der Waals surface area contributed by atoms with Crippen molar-refractivity contribution in [1.29, 1.82) is 0 Å². The standard InChI is InChI=1S/C12H14Cl3NO3/c1-7(5-18-2)16-12(17)6-19-11-4-9(14)8(13)3-10(11)15/h3-4,7H,5-6H2,1-2H3,(H,16,17)/t7-/m0/s1. The number of hydrogen-bond donors (Lipinski definition) is 1. The van der Waals surface area contributed by atoms with Gasteiger partial charge in [-0.3, -0.25) is 4.79 Å². The van der Waals surface area contributed by atoms with E-state index in [1.54, 1.807) is 7.11 Å². The van der Waals surface area contributed by atoms with Crippen molar-refractivity contribution in [2.45, 2.75) is 13.0 Å². The Balaban J connectivity index is 2.53. The van der Waals surface area contributed by atoms with Crippen LogP contribution in [0.5, 0.6) is 5.75 Å². The first-order valence-corrected chi connectivity index (χ1v) is 6.63. The maximum atomic E-state index is 11.6. The first-order chi connectivity index (χ1) is 8.93. The Bertz CT molecular complexity index is 454. The topological polar surface area (TPSA) is 47.6 Å². The minimum absolute atomic E-state index is 0.0922. The molecule has 0 aliphatic carbocycles. The molecule has 0 bridgehead atoms. The number of amides is 1. The molecule has 19 heavy (non-hydrogen) atoms. The van der Waals surface area contributed by atoms with Gasteiger partial charge in [-0.05, 0) is 13.0 Å². The van der Waals surface area contributed by atoms with Crippen molar-refractivity contribution in [3.8, 4) is 5.75 Å². The lowest BCUT2D eigenvalue weighted by Crippen LogP contribution is -2.38. The molecule has 1 amide bonds. The van der Waals surface area contributed by atoms with Crippen molar-refractivity contribution in [3.05, 3.63) is 27.2 Å². The van der Waals surface area contributed by atoms with Crippen LogP contribution in [-0.2, 0) is 9.53 Å². The first kappa shape index (κ1) is 16.4. The predicted octanol–water partition coefficient (Wildman–Crippen LogP) is 3.18. The summed E-state index contributed by atoms with van der Waals surface area (Å²) in [4.78, 5) is 11.6. The largest absolute Gasteiger partial charge is 0.482 e. The third-order valence-corrected chi connectivity index (χ3v) is 3.18. The molecule has 0 unspecified atom stereocenters. The molecule has 1 aromatic rings. The van der Waals surface area contributed by atoms with Crippen molar-refractivity contribution in [2.24, 2.45) is 0 Å². The van der Waals surface area contributed by atoms with E-state index in [1.165, 1.54) is 12.1 Å². The monoisotopic (exact) mass is 325 g/mol. The Kier molecular flexibility index (Phi) is 6.72. The van der Waals surface area contributed by atoms with Crippen LogP contribution in [0.15, 0.2) is 12.1 Å². The molecule has 0 aliphatic rings. The molecule has 0 aliphatic heterocycles. The lowest BCUT2D eigenvalue weighted by Gasteiger charge is -2.14. The molecular formula is C12H14Cl3NO3. The zero-order chi connectivity index (χ0) is 14.4. The Morgan fingerprint density at radius 1 is 1.26 bits per heavy atom. The number of benzene rings is 1. The fraction of sp³-hybridized carbons (Fsp3) is 0.417. The molecule has 1 atom stereocenters. The molecule has 0 saturated heterocycles. The lowest BCUT2D eigenvalue weighted by atomic mass is 10.3. The maximum Gasteiger partial charge on any atom is 0.258 e. The zero-order valence-electron chi connectivity index (χ0n) is 10.5. The van der Waals surface area contributed by atoms with Crippen LogP contribution in [0.2, 0.25) is 15.1 Å². The second-order valence-electron chi connectivity index (χ2n) is 3.91. The summed E-state index contributed by atoms with van der Waals surface area (Å²) < 4.78 is 10.2. The Labute approximate surface area is 126 Å². The first-order valence-electron chi connectivity index (χ1n) is 5.49. The van der Waals surface area contributed by atoms with Crippen molar-refractivity contribution in [1.82, 2.24) is 5.32 Å². The quantitative estimate of drug-likeness (QED) is 0.817. The second kappa shape index (κ2) is 7.80. The van der Waals surface area contributed by atoms with Crippen molar-refractivity contribution in [3.63, 3.8) is 0 Å². The third kappa shape index (κ3) is 5.45. The van der Waals surface area contributed by atoms with Gasteiger partial charge in [0, 0.05) is 19.2 Å². The van der Waals surface area contributed by atoms with Crippen LogP contribution in [0.1, 0.15) is 6.92 Å². The zero-order valence-corrected chi connectivity index (χ0v) is 12.8. The average Bonchev–Trinajstić information content (AvgIpc) is 2.32. The van der Waals surface area contributed by atoms with Gasteiger partial charge in [-0.25, -0.2) is 0 Å². The van der Waals surface area contributed by atoms with Crippen LogP contribution < -0.4 is 10.1 Å². The number of hydrogen-bond acceptors (Lipinski definition) is 3. The predicted molar refractivity (Wildman–Crippen MR) is 76.4 cm³/mol. The smallest absolute Gasteiger partial charge is 0.258 e. The highest BCUT2D eigenvalue weighted by Crippen LogP contribution is 2.33. The maximum absolute atomic E-state index is 11.6. The molecular weight excluding hydrogens is 312 g/mol. The van der Waals surface area contributed by atoms with Gasteiger partial charge in [-0.2, -0.15) is 0 Å². The van der Waals surface area contributed by atoms with Crippen molar-refractivity contribution in [2.75, 3.05) is 20.3 Å². The van der Waals surface area contributed by atoms with Gasteiger partial charge in [-0.1, -0.05) is 34.8 Å². The van der Waals surface area contributed by atoms with E-state index in [4.69, 9.17) is 44.3 Å². The molecule has 0 radical (unpaired) electrons. The average molecular weight is 327 g/mol. The molecule has 0 saturated carbocycles. The fourth-order valence-corrected chi connectivity index (χ4v) is 1.96. The molecule has 0 aromatic heterocycles. The van der Waals surface area contributed by atoms with Gasteiger partial charge >= 0.3 is 0 Å². The van der Waals surface area contributed by atoms with Crippen molar-refractivity contribution >= 4 is 40.7 Å². The molecule has 1 aromatic carbocycles. The number of ether oxygens (including phenoxy) is 2. The highest BCUT2D eigenvalue weighted by Gasteiger charge is 2.11. The summed E-state index contributed by atoms with van der Waals surface area (Å²) in [5, 5.41) is 3.65. The highest BCUT2D eigenvalue weighted by atomic mass is 35.5. The van der Waals surface area contributed by atoms with E-state index in [-0.39, 0.29) is 18.6 Å². The Morgan fingerprint density at radius 3 is 2.53 bits per heavy atom. The Morgan fingerprint density at radius 2 is 1.89 bits per heavy atom. The van der Waals surface area contributed by atoms with Crippen LogP contribution in [0.25, 0.3) is 0 Å². The number of rotatable bonds is 6. The summed E-state index contributed by atoms with van der Waals surface area (Å²) in [6.45, 7) is 2.10. The number of carbonyl (C=O) groups excluding carboxylic acids is 1. The van der Waals surface area contributed by atoms with Crippen LogP contribution in [0.4, 0.5) is 0 Å². The summed E-state index contributed by atoms with van der Waals surface area (Å²) >= 11 is 17.5. The number of halogens is 3. The summed E-state index contributed by atoms with van der Waals surface area (Å²) in [6.07, 6.45) is 0. The second-order valence-corrected chi connectivity index (χ2v) is 5.13. The summed E-state index contributed by atoms with van der Waals surface area (Å²) in [5.74, 6) is 0.0392. The molecule has 0 heterocycles. The molecule has 4 nitrogen and oxygen atoms in total. The van der Waals surface area contributed by atoms with Gasteiger partial charge in [0.15, 0.2) is 6.61 Å². The van der Waals surface area contributed by atoms with Crippen molar-refractivity contribution < 1.29 is 14.3 Å². The number of carbonyl (C=O) groups is 1. The summed E-state index contributed by atoms with van der Waals surface area (Å²) in [7, 11) is 1.56. The van der Waals surface area contributed by atoms with Gasteiger partial charge in [0.2, 0.25) is 0 Å². The van der Waals surface area contributed by atoms with E-state index in [1.807, 2.05) is 6.92 Å². The summed E-state index contributed by atoms with van der Waals surface area (Å²) in [5.41, 5.74) is 0. The van der Waals surface area contributed by atoms with Crippen LogP contribution in [0, 0.1) is 0 Å². The SMILES string of the molecule is COC[C@H](C)NC(=O)COc1cc(Cl)c(Cl)cc1Cl. The van der Waals surface area contributed by atoms with Crippen LogP contribution in [0.3, 0.4) is 0 Å². The van der Waals surface area contributed by atoms with E-state index in [0.29, 0.717) is 27.4 Å². The van der Waals surface area contributed by atoms with Gasteiger partial charge in [0.25, 0.3) is 5.91 Å². The number of nitrogens with one attached hydrogen (secondary N) is 1. The van der Waals surface area contributed by atoms with Gasteiger partial charge < -0.3 is 14.8 Å². The van der Waals surface area contributed by atoms with E-state index in [9.17, 15) is 4.79 Å². The third-order valence-electron chi connectivity index (χ3n) is 2.16.